The van der Waals surface area contributed by atoms with Crippen molar-refractivity contribution < 1.29 is 22.5 Å². The second-order valence-corrected chi connectivity index (χ2v) is 6.96. The zero-order chi connectivity index (χ0) is 22.1. The minimum absolute atomic E-state index is 0.113. The lowest BCUT2D eigenvalue weighted by Crippen LogP contribution is -2.28. The van der Waals surface area contributed by atoms with E-state index >= 15 is 0 Å². The summed E-state index contributed by atoms with van der Waals surface area (Å²) in [6.07, 6.45) is -3.00. The first-order chi connectivity index (χ1) is 14.0. The molecule has 160 valence electrons. The SMILES string of the molecule is C[C@H](NC(=O)c1cc(C(F)(F)F)nn1C)c1nc(-c2ccnc(CN(C)C)c2)no1. The molecular formula is C18H20F3N7O2. The maximum absolute atomic E-state index is 12.8. The van der Waals surface area contributed by atoms with E-state index < -0.39 is 23.8 Å². The fourth-order valence-corrected chi connectivity index (χ4v) is 2.71. The van der Waals surface area contributed by atoms with Gasteiger partial charge in [0.05, 0.1) is 5.69 Å². The summed E-state index contributed by atoms with van der Waals surface area (Å²) >= 11 is 0. The zero-order valence-corrected chi connectivity index (χ0v) is 16.7. The van der Waals surface area contributed by atoms with Crippen LogP contribution in [0.1, 0.15) is 40.7 Å². The Morgan fingerprint density at radius 3 is 2.70 bits per heavy atom. The van der Waals surface area contributed by atoms with Crippen LogP contribution in [0.3, 0.4) is 0 Å². The summed E-state index contributed by atoms with van der Waals surface area (Å²) in [4.78, 5) is 22.9. The van der Waals surface area contributed by atoms with E-state index in [4.69, 9.17) is 4.52 Å². The van der Waals surface area contributed by atoms with Gasteiger partial charge >= 0.3 is 6.18 Å². The summed E-state index contributed by atoms with van der Waals surface area (Å²) in [5, 5.41) is 9.78. The summed E-state index contributed by atoms with van der Waals surface area (Å²) in [7, 11) is 5.10. The fraction of sp³-hybridized carbons (Fsp3) is 0.389. The number of hydrogen-bond donors (Lipinski definition) is 1. The Balaban J connectivity index is 1.73. The molecule has 0 aromatic carbocycles. The van der Waals surface area contributed by atoms with Crippen LogP contribution in [0.5, 0.6) is 0 Å². The van der Waals surface area contributed by atoms with Crippen LogP contribution in [0.2, 0.25) is 0 Å². The molecular weight excluding hydrogens is 403 g/mol. The first kappa shape index (κ1) is 21.4. The highest BCUT2D eigenvalue weighted by molar-refractivity contribution is 5.92. The van der Waals surface area contributed by atoms with Gasteiger partial charge in [0.1, 0.15) is 11.7 Å². The van der Waals surface area contributed by atoms with Crippen molar-refractivity contribution in [3.63, 3.8) is 0 Å². The molecule has 9 nitrogen and oxygen atoms in total. The lowest BCUT2D eigenvalue weighted by Gasteiger charge is -2.09. The molecule has 30 heavy (non-hydrogen) atoms. The maximum atomic E-state index is 12.8. The third-order valence-electron chi connectivity index (χ3n) is 4.12. The zero-order valence-electron chi connectivity index (χ0n) is 16.7. The van der Waals surface area contributed by atoms with Gasteiger partial charge in [0.15, 0.2) is 5.69 Å². The largest absolute Gasteiger partial charge is 0.435 e. The van der Waals surface area contributed by atoms with Crippen LogP contribution in [-0.4, -0.2) is 49.8 Å². The molecule has 0 fully saturated rings. The lowest BCUT2D eigenvalue weighted by molar-refractivity contribution is -0.141. The molecule has 0 saturated carbocycles. The number of rotatable bonds is 6. The van der Waals surface area contributed by atoms with Crippen LogP contribution < -0.4 is 5.32 Å². The van der Waals surface area contributed by atoms with E-state index in [1.807, 2.05) is 25.1 Å². The highest BCUT2D eigenvalue weighted by Crippen LogP contribution is 2.28. The number of hydrogen-bond acceptors (Lipinski definition) is 7. The number of carbonyl (C=O) groups excluding carboxylic acids is 1. The van der Waals surface area contributed by atoms with Crippen molar-refractivity contribution in [2.45, 2.75) is 25.7 Å². The molecule has 0 bridgehead atoms. The molecule has 0 radical (unpaired) electrons. The quantitative estimate of drug-likeness (QED) is 0.650. The molecule has 12 heteroatoms. The highest BCUT2D eigenvalue weighted by atomic mass is 19.4. The summed E-state index contributed by atoms with van der Waals surface area (Å²) in [6, 6.07) is 3.51. The number of carbonyl (C=O) groups is 1. The number of pyridine rings is 1. The second-order valence-electron chi connectivity index (χ2n) is 6.96. The topological polar surface area (TPSA) is 102 Å². The van der Waals surface area contributed by atoms with Crippen LogP contribution >= 0.6 is 0 Å². The van der Waals surface area contributed by atoms with Gasteiger partial charge in [-0.1, -0.05) is 5.16 Å². The normalized spacial score (nSPS) is 12.9. The Labute approximate surface area is 169 Å². The Morgan fingerprint density at radius 2 is 2.07 bits per heavy atom. The van der Waals surface area contributed by atoms with E-state index in [2.05, 4.69) is 25.5 Å². The first-order valence-electron chi connectivity index (χ1n) is 8.90. The van der Waals surface area contributed by atoms with Crippen molar-refractivity contribution in [3.05, 3.63) is 47.4 Å². The van der Waals surface area contributed by atoms with E-state index in [1.165, 1.54) is 7.05 Å². The molecule has 0 saturated heterocycles. The van der Waals surface area contributed by atoms with Crippen LogP contribution in [-0.2, 0) is 19.8 Å². The standard InChI is InChI=1S/C18H20F3N7O2/c1-10(23-16(29)13-8-14(18(19,20)21)25-28(13)4)17-24-15(26-30-17)11-5-6-22-12(7-11)9-27(2)3/h5-8,10H,9H2,1-4H3,(H,23,29)/t10-/m0/s1. The first-order valence-corrected chi connectivity index (χ1v) is 8.90. The Kier molecular flexibility index (Phi) is 5.87. The average Bonchev–Trinajstić information content (AvgIpc) is 3.28. The van der Waals surface area contributed by atoms with E-state index in [1.54, 1.807) is 19.2 Å². The van der Waals surface area contributed by atoms with Crippen LogP contribution in [0, 0.1) is 0 Å². The van der Waals surface area contributed by atoms with Crippen molar-refractivity contribution >= 4 is 5.91 Å². The summed E-state index contributed by atoms with van der Waals surface area (Å²) < 4.78 is 44.4. The van der Waals surface area contributed by atoms with E-state index in [9.17, 15) is 18.0 Å². The molecule has 1 atom stereocenters. The van der Waals surface area contributed by atoms with Gasteiger partial charge in [-0.2, -0.15) is 23.3 Å². The molecule has 1 amide bonds. The van der Waals surface area contributed by atoms with E-state index in [0.29, 0.717) is 24.0 Å². The molecule has 3 aromatic rings. The van der Waals surface area contributed by atoms with Crippen molar-refractivity contribution in [3.8, 4) is 11.4 Å². The molecule has 0 spiro atoms. The van der Waals surface area contributed by atoms with Crippen LogP contribution in [0.4, 0.5) is 13.2 Å². The molecule has 1 N–H and O–H groups in total. The van der Waals surface area contributed by atoms with Gasteiger partial charge < -0.3 is 14.7 Å². The summed E-state index contributed by atoms with van der Waals surface area (Å²) in [5.74, 6) is -0.319. The Hall–Kier alpha value is -3.28. The minimum Gasteiger partial charge on any atom is -0.339 e. The number of halogens is 3. The highest BCUT2D eigenvalue weighted by Gasteiger charge is 2.35. The Morgan fingerprint density at radius 1 is 1.33 bits per heavy atom. The molecule has 3 aromatic heterocycles. The Bertz CT molecular complexity index is 1040. The number of amides is 1. The lowest BCUT2D eigenvalue weighted by atomic mass is 10.2. The fourth-order valence-electron chi connectivity index (χ4n) is 2.71. The van der Waals surface area contributed by atoms with Crippen LogP contribution in [0.15, 0.2) is 28.9 Å². The third kappa shape index (κ3) is 4.82. The molecule has 0 aliphatic heterocycles. The minimum atomic E-state index is -4.64. The number of nitrogens with one attached hydrogen (secondary N) is 1. The molecule has 0 aliphatic carbocycles. The number of aromatic nitrogens is 5. The maximum Gasteiger partial charge on any atom is 0.435 e. The third-order valence-corrected chi connectivity index (χ3v) is 4.12. The van der Waals surface area contributed by atoms with Gasteiger partial charge in [0.25, 0.3) is 5.91 Å². The van der Waals surface area contributed by atoms with Crippen molar-refractivity contribution in [1.82, 2.24) is 35.1 Å². The average molecular weight is 423 g/mol. The van der Waals surface area contributed by atoms with Gasteiger partial charge in [0.2, 0.25) is 11.7 Å². The molecule has 3 heterocycles. The molecule has 0 aliphatic rings. The number of nitrogens with zero attached hydrogens (tertiary/aromatic N) is 6. The van der Waals surface area contributed by atoms with Crippen LogP contribution in [0.25, 0.3) is 11.4 Å². The van der Waals surface area contributed by atoms with Gasteiger partial charge in [-0.15, -0.1) is 0 Å². The monoisotopic (exact) mass is 423 g/mol. The molecule has 0 unspecified atom stereocenters. The summed E-state index contributed by atoms with van der Waals surface area (Å²) in [6.45, 7) is 2.22. The van der Waals surface area contributed by atoms with Gasteiger partial charge in [0, 0.05) is 31.4 Å². The van der Waals surface area contributed by atoms with E-state index in [-0.39, 0.29) is 11.6 Å². The second kappa shape index (κ2) is 8.22. The van der Waals surface area contributed by atoms with Crippen molar-refractivity contribution in [2.24, 2.45) is 7.05 Å². The summed E-state index contributed by atoms with van der Waals surface area (Å²) in [5.41, 5.74) is 0.129. The van der Waals surface area contributed by atoms with Gasteiger partial charge in [-0.05, 0) is 33.2 Å². The van der Waals surface area contributed by atoms with Gasteiger partial charge in [-0.25, -0.2) is 0 Å². The van der Waals surface area contributed by atoms with Gasteiger partial charge in [-0.3, -0.25) is 14.5 Å². The van der Waals surface area contributed by atoms with Crippen molar-refractivity contribution in [2.75, 3.05) is 14.1 Å². The smallest absolute Gasteiger partial charge is 0.339 e. The predicted molar refractivity (Wildman–Crippen MR) is 99.0 cm³/mol. The predicted octanol–water partition coefficient (Wildman–Crippen LogP) is 2.44. The number of alkyl halides is 3. The number of aryl methyl sites for hydroxylation is 1. The van der Waals surface area contributed by atoms with E-state index in [0.717, 1.165) is 10.4 Å². The molecule has 3 rings (SSSR count). The van der Waals surface area contributed by atoms with Crippen molar-refractivity contribution in [1.29, 1.82) is 0 Å².